The Bertz CT molecular complexity index is 627. The summed E-state index contributed by atoms with van der Waals surface area (Å²) in [6.45, 7) is 1.39. The number of aromatic nitrogens is 2. The third-order valence-electron chi connectivity index (χ3n) is 2.98. The van der Waals surface area contributed by atoms with Crippen LogP contribution in [0.2, 0.25) is 0 Å². The van der Waals surface area contributed by atoms with Crippen LogP contribution < -0.4 is 4.74 Å². The molecule has 0 aliphatic rings. The molecule has 0 radical (unpaired) electrons. The Hall–Kier alpha value is -1.73. The molecule has 0 unspecified atom stereocenters. The number of thioether (sulfide) groups is 1. The van der Waals surface area contributed by atoms with Crippen molar-refractivity contribution in [2.75, 3.05) is 26.6 Å². The third-order valence-corrected chi connectivity index (χ3v) is 3.94. The average Bonchev–Trinajstić information content (AvgIpc) is 2.82. The lowest BCUT2D eigenvalue weighted by Crippen LogP contribution is -2.05. The maximum absolute atomic E-state index is 10.8. The van der Waals surface area contributed by atoms with E-state index in [0.717, 1.165) is 29.7 Å². The molecule has 6 nitrogen and oxygen atoms in total. The van der Waals surface area contributed by atoms with Crippen LogP contribution in [-0.4, -0.2) is 47.2 Å². The summed E-state index contributed by atoms with van der Waals surface area (Å²) in [5.74, 6) is -0.128. The average molecular weight is 310 g/mol. The normalized spacial score (nSPS) is 11.0. The highest BCUT2D eigenvalue weighted by Crippen LogP contribution is 2.27. The van der Waals surface area contributed by atoms with E-state index >= 15 is 0 Å². The van der Waals surface area contributed by atoms with E-state index in [1.54, 1.807) is 14.2 Å². The predicted molar refractivity (Wildman–Crippen MR) is 81.1 cm³/mol. The largest absolute Gasteiger partial charge is 0.497 e. The predicted octanol–water partition coefficient (Wildman–Crippen LogP) is 2.26. The molecule has 2 aromatic rings. The molecule has 0 fully saturated rings. The zero-order valence-corrected chi connectivity index (χ0v) is 12.9. The molecule has 0 saturated heterocycles. The summed E-state index contributed by atoms with van der Waals surface area (Å²) in [7, 11) is 3.27. The number of hydrogen-bond donors (Lipinski definition) is 1. The molecule has 7 heteroatoms. The number of carboxylic acids is 1. The van der Waals surface area contributed by atoms with Crippen molar-refractivity contribution in [3.63, 3.8) is 0 Å². The lowest BCUT2D eigenvalue weighted by atomic mass is 10.3. The van der Waals surface area contributed by atoms with Gasteiger partial charge in [-0.05, 0) is 18.6 Å². The molecule has 1 heterocycles. The second-order valence-electron chi connectivity index (χ2n) is 4.43. The van der Waals surface area contributed by atoms with Gasteiger partial charge in [-0.15, -0.1) is 0 Å². The lowest BCUT2D eigenvalue weighted by Gasteiger charge is -2.08. The Labute approximate surface area is 127 Å². The van der Waals surface area contributed by atoms with Gasteiger partial charge in [0.15, 0.2) is 5.16 Å². The van der Waals surface area contributed by atoms with Crippen LogP contribution in [-0.2, 0) is 16.1 Å². The SMILES string of the molecule is COCCCn1c(SCC(=O)O)nc2cc(OC)ccc21. The molecule has 0 bridgehead atoms. The fourth-order valence-corrected chi connectivity index (χ4v) is 2.79. The summed E-state index contributed by atoms with van der Waals surface area (Å²) in [6, 6.07) is 5.67. The molecule has 1 aromatic heterocycles. The molecule has 0 spiro atoms. The number of carbonyl (C=O) groups is 1. The minimum atomic E-state index is -0.854. The number of aliphatic carboxylic acids is 1. The van der Waals surface area contributed by atoms with E-state index in [2.05, 4.69) is 4.98 Å². The summed E-state index contributed by atoms with van der Waals surface area (Å²) in [4.78, 5) is 15.3. The first-order valence-corrected chi connectivity index (χ1v) is 7.52. The maximum Gasteiger partial charge on any atom is 0.313 e. The number of benzene rings is 1. The van der Waals surface area contributed by atoms with Crippen molar-refractivity contribution < 1.29 is 19.4 Å². The fraction of sp³-hybridized carbons (Fsp3) is 0.429. The van der Waals surface area contributed by atoms with Crippen LogP contribution in [0.25, 0.3) is 11.0 Å². The van der Waals surface area contributed by atoms with Gasteiger partial charge in [-0.3, -0.25) is 4.79 Å². The van der Waals surface area contributed by atoms with E-state index in [1.807, 2.05) is 22.8 Å². The van der Waals surface area contributed by atoms with E-state index in [4.69, 9.17) is 14.6 Å². The number of fused-ring (bicyclic) bond motifs is 1. The molecule has 21 heavy (non-hydrogen) atoms. The van der Waals surface area contributed by atoms with Crippen LogP contribution in [0, 0.1) is 0 Å². The highest BCUT2D eigenvalue weighted by molar-refractivity contribution is 7.99. The van der Waals surface area contributed by atoms with Crippen LogP contribution in [0.4, 0.5) is 0 Å². The molecule has 0 aliphatic carbocycles. The van der Waals surface area contributed by atoms with Gasteiger partial charge in [0.05, 0.1) is 23.9 Å². The molecule has 1 aromatic carbocycles. The van der Waals surface area contributed by atoms with Crippen molar-refractivity contribution in [2.24, 2.45) is 0 Å². The number of carboxylic acid groups (broad SMARTS) is 1. The summed E-state index contributed by atoms with van der Waals surface area (Å²) >= 11 is 1.22. The first-order chi connectivity index (χ1) is 10.2. The second-order valence-corrected chi connectivity index (χ2v) is 5.37. The van der Waals surface area contributed by atoms with E-state index in [0.29, 0.717) is 11.8 Å². The van der Waals surface area contributed by atoms with Gasteiger partial charge in [0.25, 0.3) is 0 Å². The first-order valence-electron chi connectivity index (χ1n) is 6.53. The number of imidazole rings is 1. The highest BCUT2D eigenvalue weighted by Gasteiger charge is 2.13. The zero-order valence-electron chi connectivity index (χ0n) is 12.0. The van der Waals surface area contributed by atoms with Crippen LogP contribution in [0.15, 0.2) is 23.4 Å². The van der Waals surface area contributed by atoms with Crippen molar-refractivity contribution in [1.29, 1.82) is 0 Å². The molecular formula is C14H18N2O4S. The standard InChI is InChI=1S/C14H18N2O4S/c1-19-7-3-6-16-12-5-4-10(20-2)8-11(12)15-14(16)21-9-13(17)18/h4-5,8H,3,6-7,9H2,1-2H3,(H,17,18). The summed E-state index contributed by atoms with van der Waals surface area (Å²) in [5, 5.41) is 9.54. The van der Waals surface area contributed by atoms with Crippen LogP contribution in [0.1, 0.15) is 6.42 Å². The molecule has 1 N–H and O–H groups in total. The van der Waals surface area contributed by atoms with Crippen molar-refractivity contribution in [1.82, 2.24) is 9.55 Å². The smallest absolute Gasteiger partial charge is 0.313 e. The van der Waals surface area contributed by atoms with Crippen LogP contribution >= 0.6 is 11.8 Å². The second kappa shape index (κ2) is 7.33. The van der Waals surface area contributed by atoms with E-state index < -0.39 is 5.97 Å². The van der Waals surface area contributed by atoms with Gasteiger partial charge in [-0.25, -0.2) is 4.98 Å². The molecule has 114 valence electrons. The fourth-order valence-electron chi connectivity index (χ4n) is 2.03. The number of hydrogen-bond acceptors (Lipinski definition) is 5. The Morgan fingerprint density at radius 2 is 2.24 bits per heavy atom. The summed E-state index contributed by atoms with van der Waals surface area (Å²) in [6.07, 6.45) is 0.842. The minimum Gasteiger partial charge on any atom is -0.497 e. The molecule has 0 saturated carbocycles. The molecule has 0 aliphatic heterocycles. The molecule has 0 atom stereocenters. The number of ether oxygens (including phenoxy) is 2. The van der Waals surface area contributed by atoms with Gasteiger partial charge in [0, 0.05) is 26.3 Å². The van der Waals surface area contributed by atoms with Crippen molar-refractivity contribution >= 4 is 28.8 Å². The first kappa shape index (κ1) is 15.7. The number of rotatable bonds is 8. The van der Waals surface area contributed by atoms with Gasteiger partial charge in [-0.2, -0.15) is 0 Å². The lowest BCUT2D eigenvalue weighted by molar-refractivity contribution is -0.133. The molecular weight excluding hydrogens is 292 g/mol. The Morgan fingerprint density at radius 1 is 1.43 bits per heavy atom. The summed E-state index contributed by atoms with van der Waals surface area (Å²) in [5.41, 5.74) is 1.78. The van der Waals surface area contributed by atoms with Gasteiger partial charge in [-0.1, -0.05) is 11.8 Å². The third kappa shape index (κ3) is 3.89. The van der Waals surface area contributed by atoms with Crippen molar-refractivity contribution in [3.05, 3.63) is 18.2 Å². The van der Waals surface area contributed by atoms with Crippen LogP contribution in [0.5, 0.6) is 5.75 Å². The van der Waals surface area contributed by atoms with Gasteiger partial charge >= 0.3 is 5.97 Å². The van der Waals surface area contributed by atoms with E-state index in [1.165, 1.54) is 11.8 Å². The van der Waals surface area contributed by atoms with Gasteiger partial charge in [0.2, 0.25) is 0 Å². The minimum absolute atomic E-state index is 0.00919. The molecule has 2 rings (SSSR count). The van der Waals surface area contributed by atoms with Crippen molar-refractivity contribution in [2.45, 2.75) is 18.1 Å². The zero-order chi connectivity index (χ0) is 15.2. The maximum atomic E-state index is 10.8. The van der Waals surface area contributed by atoms with E-state index in [-0.39, 0.29) is 5.75 Å². The Morgan fingerprint density at radius 3 is 2.90 bits per heavy atom. The van der Waals surface area contributed by atoms with Gasteiger partial charge in [0.1, 0.15) is 5.75 Å². The monoisotopic (exact) mass is 310 g/mol. The number of aryl methyl sites for hydroxylation is 1. The van der Waals surface area contributed by atoms with Crippen LogP contribution in [0.3, 0.4) is 0 Å². The Kier molecular flexibility index (Phi) is 5.46. The van der Waals surface area contributed by atoms with E-state index in [9.17, 15) is 4.79 Å². The highest BCUT2D eigenvalue weighted by atomic mass is 32.2. The van der Waals surface area contributed by atoms with Crippen molar-refractivity contribution in [3.8, 4) is 5.75 Å². The van der Waals surface area contributed by atoms with Gasteiger partial charge < -0.3 is 19.1 Å². The Balaban J connectivity index is 2.33. The number of nitrogens with zero attached hydrogens (tertiary/aromatic N) is 2. The quantitative estimate of drug-likeness (QED) is 0.595. The topological polar surface area (TPSA) is 73.6 Å². The molecule has 0 amide bonds. The summed E-state index contributed by atoms with van der Waals surface area (Å²) < 4.78 is 12.3. The number of methoxy groups -OCH3 is 2.